The van der Waals surface area contributed by atoms with E-state index in [0.29, 0.717) is 17.6 Å². The maximum Gasteiger partial charge on any atom is 0.138 e. The Kier molecular flexibility index (Phi) is 3.22. The number of Topliss-reactive ketones (excluding diaryl/α,β-unsaturated/α-hetero) is 1. The molecule has 0 heterocycles. The average Bonchev–Trinajstić information content (AvgIpc) is 2.70. The monoisotopic (exact) mass is 320 g/mol. The number of rotatable bonds is 1. The molecular formula is C20H32O3. The van der Waals surface area contributed by atoms with Crippen LogP contribution in [-0.4, -0.2) is 28.2 Å². The van der Waals surface area contributed by atoms with E-state index in [0.717, 1.165) is 44.9 Å². The molecule has 0 aromatic heterocycles. The maximum atomic E-state index is 12.5. The average molecular weight is 320 g/mol. The fraction of sp³-hybridized carbons (Fsp3) is 0.950. The molecule has 130 valence electrons. The van der Waals surface area contributed by atoms with Crippen molar-refractivity contribution in [2.45, 2.75) is 77.7 Å². The first-order valence-electron chi connectivity index (χ1n) is 9.55. The summed E-state index contributed by atoms with van der Waals surface area (Å²) in [4.78, 5) is 12.5. The molecule has 4 saturated carbocycles. The van der Waals surface area contributed by atoms with Gasteiger partial charge < -0.3 is 10.2 Å². The van der Waals surface area contributed by atoms with E-state index in [2.05, 4.69) is 20.8 Å². The first kappa shape index (κ1) is 16.1. The van der Waals surface area contributed by atoms with Gasteiger partial charge in [0.25, 0.3) is 0 Å². The zero-order valence-electron chi connectivity index (χ0n) is 14.9. The van der Waals surface area contributed by atoms with Crippen molar-refractivity contribution in [2.75, 3.05) is 6.61 Å². The van der Waals surface area contributed by atoms with Crippen molar-refractivity contribution in [3.05, 3.63) is 0 Å². The van der Waals surface area contributed by atoms with Crippen LogP contribution in [0.2, 0.25) is 0 Å². The van der Waals surface area contributed by atoms with Gasteiger partial charge in [0.05, 0.1) is 12.2 Å². The second-order valence-corrected chi connectivity index (χ2v) is 10.1. The largest absolute Gasteiger partial charge is 0.393 e. The van der Waals surface area contributed by atoms with E-state index in [4.69, 9.17) is 0 Å². The Morgan fingerprint density at radius 2 is 1.83 bits per heavy atom. The van der Waals surface area contributed by atoms with Gasteiger partial charge in [-0.3, -0.25) is 4.79 Å². The van der Waals surface area contributed by atoms with Crippen LogP contribution in [0.15, 0.2) is 0 Å². The predicted octanol–water partition coefficient (Wildman–Crippen LogP) is 3.32. The molecule has 0 amide bonds. The molecule has 0 aromatic carbocycles. The first-order valence-corrected chi connectivity index (χ1v) is 9.55. The van der Waals surface area contributed by atoms with E-state index >= 15 is 0 Å². The summed E-state index contributed by atoms with van der Waals surface area (Å²) >= 11 is 0. The second kappa shape index (κ2) is 4.60. The summed E-state index contributed by atoms with van der Waals surface area (Å²) in [6.45, 7) is 6.68. The van der Waals surface area contributed by atoms with E-state index in [9.17, 15) is 15.0 Å². The molecule has 0 saturated heterocycles. The normalized spacial score (nSPS) is 54.5. The van der Waals surface area contributed by atoms with Gasteiger partial charge in [0, 0.05) is 11.8 Å². The molecular weight excluding hydrogens is 288 g/mol. The number of aliphatic hydroxyl groups excluding tert-OH is 1. The van der Waals surface area contributed by atoms with Gasteiger partial charge in [-0.1, -0.05) is 20.8 Å². The minimum Gasteiger partial charge on any atom is -0.393 e. The van der Waals surface area contributed by atoms with Crippen LogP contribution in [0.1, 0.15) is 72.1 Å². The molecule has 4 aliphatic carbocycles. The predicted molar refractivity (Wildman–Crippen MR) is 88.8 cm³/mol. The van der Waals surface area contributed by atoms with Crippen molar-refractivity contribution in [1.82, 2.24) is 0 Å². The van der Waals surface area contributed by atoms with Crippen molar-refractivity contribution in [3.8, 4) is 0 Å². The Hall–Kier alpha value is -0.410. The number of fused-ring (bicyclic) bond motifs is 3. The van der Waals surface area contributed by atoms with Crippen LogP contribution >= 0.6 is 0 Å². The summed E-state index contributed by atoms with van der Waals surface area (Å²) in [6, 6.07) is 0. The van der Waals surface area contributed by atoms with E-state index < -0.39 is 5.60 Å². The van der Waals surface area contributed by atoms with E-state index in [-0.39, 0.29) is 28.8 Å². The Morgan fingerprint density at radius 1 is 1.09 bits per heavy atom. The third-order valence-corrected chi connectivity index (χ3v) is 8.89. The molecule has 2 bridgehead atoms. The molecule has 4 fully saturated rings. The summed E-state index contributed by atoms with van der Waals surface area (Å²) < 4.78 is 0. The van der Waals surface area contributed by atoms with Crippen molar-refractivity contribution < 1.29 is 15.0 Å². The van der Waals surface area contributed by atoms with Crippen LogP contribution in [-0.2, 0) is 4.79 Å². The lowest BCUT2D eigenvalue weighted by Crippen LogP contribution is -2.58. The molecule has 0 unspecified atom stereocenters. The molecule has 4 rings (SSSR count). The van der Waals surface area contributed by atoms with E-state index in [1.807, 2.05) is 0 Å². The van der Waals surface area contributed by atoms with Crippen LogP contribution in [0.25, 0.3) is 0 Å². The minimum absolute atomic E-state index is 0.0870. The molecule has 0 radical (unpaired) electrons. The van der Waals surface area contributed by atoms with E-state index in [1.165, 1.54) is 6.42 Å². The maximum absolute atomic E-state index is 12.5. The third-order valence-electron chi connectivity index (χ3n) is 8.89. The lowest BCUT2D eigenvalue weighted by atomic mass is 9.41. The molecule has 6 atom stereocenters. The molecule has 23 heavy (non-hydrogen) atoms. The van der Waals surface area contributed by atoms with Gasteiger partial charge >= 0.3 is 0 Å². The number of hydrogen-bond acceptors (Lipinski definition) is 3. The highest BCUT2D eigenvalue weighted by Gasteiger charge is 2.67. The third kappa shape index (κ3) is 1.87. The number of ketones is 1. The highest BCUT2D eigenvalue weighted by atomic mass is 16.3. The van der Waals surface area contributed by atoms with Crippen LogP contribution in [0.5, 0.6) is 0 Å². The van der Waals surface area contributed by atoms with Crippen molar-refractivity contribution in [2.24, 2.45) is 34.0 Å². The van der Waals surface area contributed by atoms with Gasteiger partial charge in [-0.15, -0.1) is 0 Å². The zero-order valence-corrected chi connectivity index (χ0v) is 14.9. The molecule has 3 nitrogen and oxygen atoms in total. The first-order chi connectivity index (χ1) is 10.7. The number of aliphatic hydroxyl groups is 2. The fourth-order valence-electron chi connectivity index (χ4n) is 7.83. The Balaban J connectivity index is 1.73. The molecule has 4 aliphatic rings. The molecule has 0 aliphatic heterocycles. The highest BCUT2D eigenvalue weighted by molar-refractivity contribution is 5.85. The summed E-state index contributed by atoms with van der Waals surface area (Å²) in [5.74, 6) is 1.81. The molecule has 0 aromatic rings. The van der Waals surface area contributed by atoms with Crippen LogP contribution < -0.4 is 0 Å². The Morgan fingerprint density at radius 3 is 2.52 bits per heavy atom. The van der Waals surface area contributed by atoms with Gasteiger partial charge in [0.2, 0.25) is 0 Å². The summed E-state index contributed by atoms with van der Waals surface area (Å²) in [5.41, 5.74) is -0.612. The van der Waals surface area contributed by atoms with Gasteiger partial charge in [-0.05, 0) is 73.5 Å². The fourth-order valence-corrected chi connectivity index (χ4v) is 7.83. The summed E-state index contributed by atoms with van der Waals surface area (Å²) in [5, 5.41) is 20.7. The van der Waals surface area contributed by atoms with Crippen LogP contribution in [0.4, 0.5) is 0 Å². The van der Waals surface area contributed by atoms with Crippen LogP contribution in [0, 0.1) is 34.0 Å². The van der Waals surface area contributed by atoms with Crippen LogP contribution in [0.3, 0.4) is 0 Å². The number of carbonyl (C=O) groups excluding carboxylic acids is 1. The number of hydrogen-bond donors (Lipinski definition) is 2. The molecule has 3 heteroatoms. The van der Waals surface area contributed by atoms with Gasteiger partial charge in [0.15, 0.2) is 0 Å². The smallest absolute Gasteiger partial charge is 0.138 e. The van der Waals surface area contributed by atoms with Crippen molar-refractivity contribution in [1.29, 1.82) is 0 Å². The lowest BCUT2D eigenvalue weighted by Gasteiger charge is -2.63. The second-order valence-electron chi connectivity index (χ2n) is 10.1. The number of carbonyl (C=O) groups is 1. The summed E-state index contributed by atoms with van der Waals surface area (Å²) in [7, 11) is 0. The van der Waals surface area contributed by atoms with E-state index in [1.54, 1.807) is 0 Å². The molecule has 1 spiro atoms. The quantitative estimate of drug-likeness (QED) is 0.779. The highest BCUT2D eigenvalue weighted by Crippen LogP contribution is 2.72. The van der Waals surface area contributed by atoms with Gasteiger partial charge in [-0.2, -0.15) is 0 Å². The summed E-state index contributed by atoms with van der Waals surface area (Å²) in [6.07, 6.45) is 8.07. The Bertz CT molecular complexity index is 541. The SMILES string of the molecule is CC1(C)C(=O)CC[C@]2(C)[C@@H]1CC[C@]13C[C@@H](CC[C@H]12)[C@](O)(CO)C3. The van der Waals surface area contributed by atoms with Gasteiger partial charge in [-0.25, -0.2) is 0 Å². The topological polar surface area (TPSA) is 57.5 Å². The van der Waals surface area contributed by atoms with Crippen molar-refractivity contribution >= 4 is 5.78 Å². The zero-order chi connectivity index (χ0) is 16.7. The lowest BCUT2D eigenvalue weighted by molar-refractivity contribution is -0.165. The van der Waals surface area contributed by atoms with Crippen molar-refractivity contribution in [3.63, 3.8) is 0 Å². The molecule has 2 N–H and O–H groups in total. The van der Waals surface area contributed by atoms with Gasteiger partial charge in [0.1, 0.15) is 5.78 Å². The minimum atomic E-state index is -0.849. The standard InChI is InChI=1S/C20H32O3/c1-17(2)14-6-9-19-10-13(20(23,11-19)12-21)4-5-15(19)18(14,3)8-7-16(17)22/h13-15,21,23H,4-12H2,1-3H3/t13-,14-,15+,18-,19-,20-/m1/s1. The Labute approximate surface area is 139 Å².